The summed E-state index contributed by atoms with van der Waals surface area (Å²) in [6.07, 6.45) is 1.49. The highest BCUT2D eigenvalue weighted by atomic mass is 79.9. The summed E-state index contributed by atoms with van der Waals surface area (Å²) < 4.78 is 6.86. The summed E-state index contributed by atoms with van der Waals surface area (Å²) >= 11 is 6.89. The minimum absolute atomic E-state index is 0.0266. The lowest BCUT2D eigenvalue weighted by molar-refractivity contribution is -0.118. The number of ether oxygens (including phenoxy) is 1. The van der Waals surface area contributed by atoms with Crippen LogP contribution in [-0.2, 0) is 16.1 Å². The van der Waals surface area contributed by atoms with Crippen LogP contribution in [-0.4, -0.2) is 18.4 Å². The van der Waals surface area contributed by atoms with Crippen LogP contribution in [0.2, 0.25) is 0 Å². The van der Waals surface area contributed by atoms with Gasteiger partial charge in [-0.25, -0.2) is 0 Å². The van der Waals surface area contributed by atoms with Gasteiger partial charge in [0.1, 0.15) is 17.4 Å². The third-order valence-electron chi connectivity index (χ3n) is 5.22. The fourth-order valence-corrected chi connectivity index (χ4v) is 4.65. The van der Waals surface area contributed by atoms with E-state index in [0.29, 0.717) is 26.8 Å². The molecule has 3 rings (SSSR count). The lowest BCUT2D eigenvalue weighted by Gasteiger charge is -2.13. The monoisotopic (exact) mass is 595 g/mol. The second-order valence-corrected chi connectivity index (χ2v) is 9.44. The van der Waals surface area contributed by atoms with E-state index in [0.717, 1.165) is 22.4 Å². The van der Waals surface area contributed by atoms with Crippen molar-refractivity contribution >= 4 is 55.4 Å². The maximum Gasteiger partial charge on any atom is 0.262 e. The standard InChI is InChI=1S/C27H23Br2N3O3/c1-17-7-6-10-24(18(17)2)32-25(33)16-35-26-22(28)12-20(13-23(26)29)11-21(14-30)27(34)31-15-19-8-4-3-5-9-19/h3-13H,15-16H2,1-2H3,(H,31,34)(H,32,33)/b21-11+. The molecule has 0 fully saturated rings. The van der Waals surface area contributed by atoms with Crippen molar-refractivity contribution in [1.82, 2.24) is 5.32 Å². The molecule has 178 valence electrons. The van der Waals surface area contributed by atoms with E-state index < -0.39 is 5.91 Å². The minimum atomic E-state index is -0.466. The molecule has 6 nitrogen and oxygen atoms in total. The Morgan fingerprint density at radius 2 is 1.71 bits per heavy atom. The quantitative estimate of drug-likeness (QED) is 0.244. The first kappa shape index (κ1) is 26.2. The number of rotatable bonds is 8. The molecule has 2 amide bonds. The van der Waals surface area contributed by atoms with Gasteiger partial charge in [0.2, 0.25) is 0 Å². The van der Waals surface area contributed by atoms with Gasteiger partial charge in [0.05, 0.1) is 8.95 Å². The molecule has 8 heteroatoms. The number of nitrogens with one attached hydrogen (secondary N) is 2. The van der Waals surface area contributed by atoms with E-state index in [9.17, 15) is 14.9 Å². The third kappa shape index (κ3) is 7.28. The van der Waals surface area contributed by atoms with Crippen LogP contribution in [0.4, 0.5) is 5.69 Å². The van der Waals surface area contributed by atoms with Gasteiger partial charge in [-0.05, 0) is 92.2 Å². The Bertz CT molecular complexity index is 1290. The molecule has 0 saturated heterocycles. The molecule has 0 atom stereocenters. The molecular weight excluding hydrogens is 574 g/mol. The number of hydrogen-bond donors (Lipinski definition) is 2. The molecular formula is C27H23Br2N3O3. The molecule has 35 heavy (non-hydrogen) atoms. The van der Waals surface area contributed by atoms with E-state index in [4.69, 9.17) is 4.74 Å². The van der Waals surface area contributed by atoms with E-state index in [1.807, 2.05) is 68.4 Å². The van der Waals surface area contributed by atoms with Crippen LogP contribution in [0.5, 0.6) is 5.75 Å². The fourth-order valence-electron chi connectivity index (χ4n) is 3.20. The first-order valence-corrected chi connectivity index (χ1v) is 12.3. The number of carbonyl (C=O) groups excluding carboxylic acids is 2. The van der Waals surface area contributed by atoms with E-state index in [-0.39, 0.29) is 18.1 Å². The van der Waals surface area contributed by atoms with Crippen molar-refractivity contribution in [3.63, 3.8) is 0 Å². The summed E-state index contributed by atoms with van der Waals surface area (Å²) in [6.45, 7) is 4.06. The average Bonchev–Trinajstić information content (AvgIpc) is 2.84. The summed E-state index contributed by atoms with van der Waals surface area (Å²) in [6, 6.07) is 20.5. The number of nitriles is 1. The van der Waals surface area contributed by atoms with Crippen LogP contribution < -0.4 is 15.4 Å². The Kier molecular flexibility index (Phi) is 9.24. The normalized spacial score (nSPS) is 10.9. The molecule has 0 saturated carbocycles. The van der Waals surface area contributed by atoms with Gasteiger partial charge in [-0.15, -0.1) is 0 Å². The molecule has 2 N–H and O–H groups in total. The van der Waals surface area contributed by atoms with E-state index >= 15 is 0 Å². The summed E-state index contributed by atoms with van der Waals surface area (Å²) in [5.74, 6) is -0.319. The molecule has 0 bridgehead atoms. The van der Waals surface area contributed by atoms with Gasteiger partial charge in [-0.3, -0.25) is 9.59 Å². The fraction of sp³-hybridized carbons (Fsp3) is 0.148. The van der Waals surface area contributed by atoms with Gasteiger partial charge in [0.15, 0.2) is 6.61 Å². The van der Waals surface area contributed by atoms with Crippen molar-refractivity contribution in [2.24, 2.45) is 0 Å². The van der Waals surface area contributed by atoms with Crippen molar-refractivity contribution in [3.05, 3.63) is 97.4 Å². The summed E-state index contributed by atoms with van der Waals surface area (Å²) in [5, 5.41) is 15.1. The van der Waals surface area contributed by atoms with Crippen molar-refractivity contribution in [2.75, 3.05) is 11.9 Å². The van der Waals surface area contributed by atoms with Crippen molar-refractivity contribution in [3.8, 4) is 11.8 Å². The number of nitrogens with zero attached hydrogens (tertiary/aromatic N) is 1. The topological polar surface area (TPSA) is 91.2 Å². The molecule has 3 aromatic carbocycles. The van der Waals surface area contributed by atoms with Crippen LogP contribution in [0, 0.1) is 25.2 Å². The first-order valence-electron chi connectivity index (χ1n) is 10.7. The molecule has 0 aliphatic rings. The van der Waals surface area contributed by atoms with Gasteiger partial charge in [0.25, 0.3) is 11.8 Å². The zero-order valence-electron chi connectivity index (χ0n) is 19.2. The molecule has 0 unspecified atom stereocenters. The molecule has 0 heterocycles. The number of hydrogen-bond acceptors (Lipinski definition) is 4. The SMILES string of the molecule is Cc1cccc(NC(=O)COc2c(Br)cc(/C=C(\C#N)C(=O)NCc3ccccc3)cc2Br)c1C. The lowest BCUT2D eigenvalue weighted by Crippen LogP contribution is -2.23. The Hall–Kier alpha value is -3.41. The van der Waals surface area contributed by atoms with Crippen LogP contribution in [0.3, 0.4) is 0 Å². The smallest absolute Gasteiger partial charge is 0.262 e. The number of amides is 2. The van der Waals surface area contributed by atoms with Gasteiger partial charge in [-0.2, -0.15) is 5.26 Å². The number of carbonyl (C=O) groups is 2. The number of benzene rings is 3. The van der Waals surface area contributed by atoms with Crippen LogP contribution >= 0.6 is 31.9 Å². The van der Waals surface area contributed by atoms with Gasteiger partial charge in [0, 0.05) is 12.2 Å². The third-order valence-corrected chi connectivity index (χ3v) is 6.40. The van der Waals surface area contributed by atoms with Gasteiger partial charge >= 0.3 is 0 Å². The summed E-state index contributed by atoms with van der Waals surface area (Å²) in [4.78, 5) is 24.9. The Morgan fingerprint density at radius 3 is 2.37 bits per heavy atom. The molecule has 0 aliphatic carbocycles. The van der Waals surface area contributed by atoms with Crippen molar-refractivity contribution < 1.29 is 14.3 Å². The van der Waals surface area contributed by atoms with Crippen LogP contribution in [0.15, 0.2) is 75.2 Å². The number of anilines is 1. The van der Waals surface area contributed by atoms with E-state index in [1.165, 1.54) is 6.08 Å². The van der Waals surface area contributed by atoms with E-state index in [2.05, 4.69) is 42.5 Å². The van der Waals surface area contributed by atoms with Gasteiger partial charge in [-0.1, -0.05) is 42.5 Å². The van der Waals surface area contributed by atoms with Crippen LogP contribution in [0.25, 0.3) is 6.08 Å². The Morgan fingerprint density at radius 1 is 1.03 bits per heavy atom. The zero-order valence-corrected chi connectivity index (χ0v) is 22.4. The van der Waals surface area contributed by atoms with Crippen molar-refractivity contribution in [1.29, 1.82) is 5.26 Å². The molecule has 0 aromatic heterocycles. The molecule has 3 aromatic rings. The highest BCUT2D eigenvalue weighted by molar-refractivity contribution is 9.11. The summed E-state index contributed by atoms with van der Waals surface area (Å²) in [5.41, 5.74) is 4.35. The second kappa shape index (κ2) is 12.3. The average molecular weight is 597 g/mol. The first-order chi connectivity index (χ1) is 16.8. The number of halogens is 2. The molecule has 0 aliphatic heterocycles. The van der Waals surface area contributed by atoms with Crippen molar-refractivity contribution in [2.45, 2.75) is 20.4 Å². The predicted molar refractivity (Wildman–Crippen MR) is 144 cm³/mol. The zero-order chi connectivity index (χ0) is 25.4. The van der Waals surface area contributed by atoms with E-state index in [1.54, 1.807) is 12.1 Å². The maximum absolute atomic E-state index is 12.5. The largest absolute Gasteiger partial charge is 0.481 e. The van der Waals surface area contributed by atoms with Crippen LogP contribution in [0.1, 0.15) is 22.3 Å². The molecule has 0 radical (unpaired) electrons. The Balaban J connectivity index is 1.66. The van der Waals surface area contributed by atoms with Gasteiger partial charge < -0.3 is 15.4 Å². The second-order valence-electron chi connectivity index (χ2n) is 7.74. The summed E-state index contributed by atoms with van der Waals surface area (Å²) in [7, 11) is 0. The Labute approximate surface area is 221 Å². The lowest BCUT2D eigenvalue weighted by atomic mass is 10.1. The minimum Gasteiger partial charge on any atom is -0.481 e. The number of aryl methyl sites for hydroxylation is 1. The highest BCUT2D eigenvalue weighted by Crippen LogP contribution is 2.35. The molecule has 0 spiro atoms. The maximum atomic E-state index is 12.5. The predicted octanol–water partition coefficient (Wildman–Crippen LogP) is 6.07. The highest BCUT2D eigenvalue weighted by Gasteiger charge is 2.14.